The summed E-state index contributed by atoms with van der Waals surface area (Å²) in [4.78, 5) is 19.2. The van der Waals surface area contributed by atoms with E-state index in [-0.39, 0.29) is 41.0 Å². The van der Waals surface area contributed by atoms with Gasteiger partial charge in [-0.05, 0) is 54.7 Å². The van der Waals surface area contributed by atoms with Crippen LogP contribution in [0.1, 0.15) is 47.0 Å². The normalized spacial score (nSPS) is 27.9. The summed E-state index contributed by atoms with van der Waals surface area (Å²) in [6.07, 6.45) is 7.12. The van der Waals surface area contributed by atoms with Crippen molar-refractivity contribution in [2.75, 3.05) is 26.2 Å². The highest BCUT2D eigenvalue weighted by Crippen LogP contribution is 2.41. The van der Waals surface area contributed by atoms with Crippen molar-refractivity contribution in [1.82, 2.24) is 10.2 Å². The first kappa shape index (κ1) is 27.8. The standard InChI is InChI=1S/C26H37ClF3N3O2/c1-17(2)22(32-24(34)19-7-10-23(31-13-19)35-16-26(28,29)30)14-33-12-11-21(25(3,4)15-33)18-5-8-20(27)9-6-18/h5-6,8,10,13,17,19-22H,7,9,11-12,14-16H2,1-4H3,(H,32,34)/t19?,20?,21-,22+/m1/s1. The van der Waals surface area contributed by atoms with E-state index in [9.17, 15) is 18.0 Å². The van der Waals surface area contributed by atoms with Crippen molar-refractivity contribution in [1.29, 1.82) is 0 Å². The lowest BCUT2D eigenvalue weighted by molar-refractivity contribution is -0.165. The van der Waals surface area contributed by atoms with Crippen LogP contribution in [0.25, 0.3) is 0 Å². The summed E-state index contributed by atoms with van der Waals surface area (Å²) in [6.45, 7) is 10.0. The molecule has 2 heterocycles. The second-order valence-corrected chi connectivity index (χ2v) is 11.4. The van der Waals surface area contributed by atoms with Crippen molar-refractivity contribution >= 4 is 23.7 Å². The number of aliphatic imine (C=N–C) groups is 1. The third-order valence-corrected chi connectivity index (χ3v) is 7.35. The second kappa shape index (κ2) is 11.5. The molecule has 1 saturated heterocycles. The lowest BCUT2D eigenvalue weighted by Gasteiger charge is -2.46. The number of hydrogen-bond donors (Lipinski definition) is 1. The van der Waals surface area contributed by atoms with Gasteiger partial charge in [-0.2, -0.15) is 13.2 Å². The van der Waals surface area contributed by atoms with E-state index in [4.69, 9.17) is 11.6 Å². The smallest absolute Gasteiger partial charge is 0.422 e. The molecule has 35 heavy (non-hydrogen) atoms. The minimum absolute atomic E-state index is 0.0408. The number of rotatable bonds is 8. The highest BCUT2D eigenvalue weighted by atomic mass is 35.5. The Bertz CT molecular complexity index is 880. The molecule has 196 valence electrons. The molecule has 1 N–H and O–H groups in total. The zero-order chi connectivity index (χ0) is 25.8. The fraction of sp³-hybridized carbons (Fsp3) is 0.692. The van der Waals surface area contributed by atoms with Gasteiger partial charge in [0.2, 0.25) is 11.8 Å². The van der Waals surface area contributed by atoms with E-state index in [2.05, 4.69) is 65.9 Å². The molecule has 1 aliphatic carbocycles. The van der Waals surface area contributed by atoms with E-state index in [0.717, 1.165) is 32.5 Å². The van der Waals surface area contributed by atoms with E-state index in [1.54, 1.807) is 0 Å². The number of ether oxygens (including phenoxy) is 1. The zero-order valence-corrected chi connectivity index (χ0v) is 21.7. The van der Waals surface area contributed by atoms with Crippen molar-refractivity contribution in [2.45, 2.75) is 64.6 Å². The summed E-state index contributed by atoms with van der Waals surface area (Å²) < 4.78 is 41.6. The molecule has 3 rings (SSSR count). The average Bonchev–Trinajstić information content (AvgIpc) is 2.77. The number of halogens is 4. The molecule has 0 aromatic rings. The molecule has 0 bridgehead atoms. The maximum Gasteiger partial charge on any atom is 0.422 e. The fourth-order valence-electron chi connectivity index (χ4n) is 5.03. The van der Waals surface area contributed by atoms with Crippen molar-refractivity contribution in [3.63, 3.8) is 0 Å². The van der Waals surface area contributed by atoms with Crippen LogP contribution in [0.15, 0.2) is 40.8 Å². The van der Waals surface area contributed by atoms with E-state index in [0.29, 0.717) is 5.92 Å². The van der Waals surface area contributed by atoms with Gasteiger partial charge in [-0.15, -0.1) is 11.6 Å². The Morgan fingerprint density at radius 3 is 2.60 bits per heavy atom. The molecular formula is C26H37ClF3N3O2. The fourth-order valence-corrected chi connectivity index (χ4v) is 5.20. The first-order valence-corrected chi connectivity index (χ1v) is 12.8. The molecule has 0 saturated carbocycles. The molecule has 0 aromatic carbocycles. The maximum atomic E-state index is 12.9. The van der Waals surface area contributed by atoms with Crippen molar-refractivity contribution in [2.24, 2.45) is 28.2 Å². The predicted octanol–water partition coefficient (Wildman–Crippen LogP) is 5.48. The minimum atomic E-state index is -4.42. The van der Waals surface area contributed by atoms with Gasteiger partial charge in [-0.3, -0.25) is 4.79 Å². The number of nitrogens with one attached hydrogen (secondary N) is 1. The third-order valence-electron chi connectivity index (χ3n) is 7.02. The number of allylic oxidation sites excluding steroid dienone is 5. The Balaban J connectivity index is 1.53. The third kappa shape index (κ3) is 8.10. The summed E-state index contributed by atoms with van der Waals surface area (Å²) in [7, 11) is 0. The van der Waals surface area contributed by atoms with Crippen LogP contribution < -0.4 is 5.32 Å². The van der Waals surface area contributed by atoms with Gasteiger partial charge < -0.3 is 15.0 Å². The van der Waals surface area contributed by atoms with Gasteiger partial charge in [0.1, 0.15) is 0 Å². The molecule has 1 amide bonds. The first-order chi connectivity index (χ1) is 16.3. The zero-order valence-electron chi connectivity index (χ0n) is 20.9. The van der Waals surface area contributed by atoms with Crippen LogP contribution in [0.5, 0.6) is 0 Å². The van der Waals surface area contributed by atoms with E-state index in [1.165, 1.54) is 17.9 Å². The van der Waals surface area contributed by atoms with Gasteiger partial charge in [0, 0.05) is 25.3 Å². The van der Waals surface area contributed by atoms with Gasteiger partial charge in [-0.1, -0.05) is 45.9 Å². The summed E-state index contributed by atoms with van der Waals surface area (Å²) in [5.74, 6) is -0.0777. The molecule has 9 heteroatoms. The molecule has 5 nitrogen and oxygen atoms in total. The van der Waals surface area contributed by atoms with E-state index in [1.807, 2.05) is 0 Å². The largest absolute Gasteiger partial charge is 0.468 e. The van der Waals surface area contributed by atoms with Gasteiger partial charge in [0.05, 0.1) is 11.3 Å². The molecule has 2 unspecified atom stereocenters. The number of alkyl halides is 4. The summed E-state index contributed by atoms with van der Waals surface area (Å²) in [6, 6.07) is -0.0408. The van der Waals surface area contributed by atoms with E-state index >= 15 is 0 Å². The average molecular weight is 516 g/mol. The highest BCUT2D eigenvalue weighted by Gasteiger charge is 2.38. The topological polar surface area (TPSA) is 53.9 Å². The SMILES string of the molecule is CC(C)[C@H](CN1CC[C@H](C2=CCC(Cl)C=C2)C(C)(C)C1)NC(=O)C1C=NC(OCC(F)(F)F)=CC1. The number of nitrogens with zero attached hydrogens (tertiary/aromatic N) is 2. The lowest BCUT2D eigenvalue weighted by atomic mass is 9.69. The molecule has 3 aliphatic rings. The summed E-state index contributed by atoms with van der Waals surface area (Å²) in [5.41, 5.74) is 1.47. The molecular weight excluding hydrogens is 479 g/mol. The Kier molecular flexibility index (Phi) is 9.13. The number of carbonyl (C=O) groups excluding carboxylic acids is 1. The number of hydrogen-bond acceptors (Lipinski definition) is 4. The van der Waals surface area contributed by atoms with Crippen molar-refractivity contribution < 1.29 is 22.7 Å². The predicted molar refractivity (Wildman–Crippen MR) is 133 cm³/mol. The van der Waals surface area contributed by atoms with Crippen LogP contribution in [0.4, 0.5) is 13.2 Å². The first-order valence-electron chi connectivity index (χ1n) is 12.3. The Labute approximate surface area is 211 Å². The Morgan fingerprint density at radius 2 is 2.06 bits per heavy atom. The van der Waals surface area contributed by atoms with Crippen LogP contribution in [-0.4, -0.2) is 60.9 Å². The van der Waals surface area contributed by atoms with E-state index < -0.39 is 18.7 Å². The van der Waals surface area contributed by atoms with Crippen LogP contribution in [0, 0.1) is 23.2 Å². The number of carbonyl (C=O) groups is 1. The number of piperidine rings is 1. The monoisotopic (exact) mass is 515 g/mol. The maximum absolute atomic E-state index is 12.9. The molecule has 1 fully saturated rings. The number of likely N-dealkylation sites (tertiary alicyclic amines) is 1. The molecule has 2 aliphatic heterocycles. The minimum Gasteiger partial charge on any atom is -0.468 e. The van der Waals surface area contributed by atoms with Crippen LogP contribution >= 0.6 is 11.6 Å². The molecule has 0 aromatic heterocycles. The number of amides is 1. The molecule has 0 spiro atoms. The van der Waals surface area contributed by atoms with Gasteiger partial charge >= 0.3 is 6.18 Å². The van der Waals surface area contributed by atoms with Crippen molar-refractivity contribution in [3.05, 3.63) is 35.8 Å². The van der Waals surface area contributed by atoms with Crippen LogP contribution in [-0.2, 0) is 9.53 Å². The van der Waals surface area contributed by atoms with Gasteiger partial charge in [0.15, 0.2) is 6.61 Å². The van der Waals surface area contributed by atoms with Gasteiger partial charge in [-0.25, -0.2) is 4.99 Å². The molecule has 0 radical (unpaired) electrons. The quantitative estimate of drug-likeness (QED) is 0.435. The van der Waals surface area contributed by atoms with Crippen LogP contribution in [0.3, 0.4) is 0 Å². The summed E-state index contributed by atoms with van der Waals surface area (Å²) >= 11 is 6.20. The lowest BCUT2D eigenvalue weighted by Crippen LogP contribution is -2.53. The second-order valence-electron chi connectivity index (χ2n) is 10.8. The Morgan fingerprint density at radius 1 is 1.31 bits per heavy atom. The summed E-state index contributed by atoms with van der Waals surface area (Å²) in [5, 5.41) is 3.24. The van der Waals surface area contributed by atoms with Crippen molar-refractivity contribution in [3.8, 4) is 0 Å². The highest BCUT2D eigenvalue weighted by molar-refractivity contribution is 6.22. The van der Waals surface area contributed by atoms with Crippen LogP contribution in [0.2, 0.25) is 0 Å². The Hall–Kier alpha value is -1.80. The molecule has 4 atom stereocenters. The van der Waals surface area contributed by atoms with Gasteiger partial charge in [0.25, 0.3) is 0 Å².